The summed E-state index contributed by atoms with van der Waals surface area (Å²) in [5.74, 6) is 1.84. The molecule has 1 unspecified atom stereocenters. The summed E-state index contributed by atoms with van der Waals surface area (Å²) in [6.45, 7) is 7.25. The summed E-state index contributed by atoms with van der Waals surface area (Å²) >= 11 is 0. The highest BCUT2D eigenvalue weighted by Crippen LogP contribution is 2.36. The molecule has 2 N–H and O–H groups in total. The number of piperidine rings is 1. The molecule has 1 amide bonds. The van der Waals surface area contributed by atoms with E-state index in [9.17, 15) is 9.18 Å². The SMILES string of the molecule is C=CC(=O)N1CCC(Nc2cc3c(Nc4ccc(Oc5ccnc(N6CCC(C)(F)C6)c5)cc4F)ncnc3cc2OC)CC1. The van der Waals surface area contributed by atoms with E-state index >= 15 is 4.39 Å². The molecule has 12 heteroatoms. The van der Waals surface area contributed by atoms with Crippen LogP contribution in [-0.2, 0) is 4.79 Å². The highest BCUT2D eigenvalue weighted by Gasteiger charge is 2.34. The number of carbonyl (C=O) groups excluding carboxylic acids is 1. The lowest BCUT2D eigenvalue weighted by Gasteiger charge is -2.32. The van der Waals surface area contributed by atoms with Crippen LogP contribution in [-0.4, -0.2) is 70.8 Å². The quantitative estimate of drug-likeness (QED) is 0.212. The minimum absolute atomic E-state index is 0.0626. The Morgan fingerprint density at radius 1 is 1.07 bits per heavy atom. The van der Waals surface area contributed by atoms with Gasteiger partial charge in [0, 0.05) is 61.9 Å². The van der Waals surface area contributed by atoms with Crippen LogP contribution in [0.4, 0.5) is 31.8 Å². The predicted octanol–water partition coefficient (Wildman–Crippen LogP) is 6.24. The number of ether oxygens (including phenoxy) is 2. The van der Waals surface area contributed by atoms with E-state index in [4.69, 9.17) is 9.47 Å². The monoisotopic (exact) mass is 615 g/mol. The Kier molecular flexibility index (Phi) is 8.38. The predicted molar refractivity (Wildman–Crippen MR) is 170 cm³/mol. The number of nitrogens with zero attached hydrogens (tertiary/aromatic N) is 5. The van der Waals surface area contributed by atoms with Crippen molar-refractivity contribution in [1.82, 2.24) is 19.9 Å². The Balaban J connectivity index is 1.18. The normalized spacial score (nSPS) is 18.6. The molecule has 0 radical (unpaired) electrons. The van der Waals surface area contributed by atoms with Gasteiger partial charge in [0.25, 0.3) is 0 Å². The molecule has 234 valence electrons. The van der Waals surface area contributed by atoms with Crippen molar-refractivity contribution in [2.45, 2.75) is 37.9 Å². The van der Waals surface area contributed by atoms with Gasteiger partial charge in [-0.1, -0.05) is 6.58 Å². The lowest BCUT2D eigenvalue weighted by atomic mass is 10.0. The van der Waals surface area contributed by atoms with E-state index in [0.717, 1.165) is 18.5 Å². The van der Waals surface area contributed by atoms with Crippen LogP contribution in [0.25, 0.3) is 10.9 Å². The van der Waals surface area contributed by atoms with E-state index in [1.165, 1.54) is 18.5 Å². The van der Waals surface area contributed by atoms with Crippen LogP contribution in [0.3, 0.4) is 0 Å². The van der Waals surface area contributed by atoms with Gasteiger partial charge in [-0.25, -0.2) is 23.7 Å². The molecule has 0 saturated carbocycles. The molecule has 2 aliphatic heterocycles. The van der Waals surface area contributed by atoms with Crippen molar-refractivity contribution in [3.8, 4) is 17.2 Å². The first-order chi connectivity index (χ1) is 21.7. The van der Waals surface area contributed by atoms with Gasteiger partial charge in [-0.3, -0.25) is 4.79 Å². The molecular formula is C33H35F2N7O3. The van der Waals surface area contributed by atoms with Gasteiger partial charge in [0.2, 0.25) is 5.91 Å². The largest absolute Gasteiger partial charge is 0.495 e. The molecule has 0 spiro atoms. The van der Waals surface area contributed by atoms with Crippen LogP contribution in [0, 0.1) is 5.82 Å². The number of carbonyl (C=O) groups is 1. The second-order valence-corrected chi connectivity index (χ2v) is 11.5. The first-order valence-electron chi connectivity index (χ1n) is 14.9. The third kappa shape index (κ3) is 6.74. The van der Waals surface area contributed by atoms with Crippen LogP contribution in [0.15, 0.2) is 67.6 Å². The minimum Gasteiger partial charge on any atom is -0.495 e. The number of anilines is 4. The highest BCUT2D eigenvalue weighted by molar-refractivity contribution is 5.95. The maximum atomic E-state index is 15.4. The number of hydrogen-bond donors (Lipinski definition) is 2. The molecule has 4 aromatic rings. The summed E-state index contributed by atoms with van der Waals surface area (Å²) in [6, 6.07) is 11.8. The molecular weight excluding hydrogens is 580 g/mol. The summed E-state index contributed by atoms with van der Waals surface area (Å²) in [6.07, 6.45) is 6.32. The molecule has 1 atom stereocenters. The fourth-order valence-electron chi connectivity index (χ4n) is 5.74. The number of amides is 1. The van der Waals surface area contributed by atoms with E-state index in [1.54, 1.807) is 49.4 Å². The molecule has 6 rings (SSSR count). The highest BCUT2D eigenvalue weighted by atomic mass is 19.1. The Morgan fingerprint density at radius 3 is 2.58 bits per heavy atom. The van der Waals surface area contributed by atoms with Gasteiger partial charge in [-0.15, -0.1) is 0 Å². The van der Waals surface area contributed by atoms with Gasteiger partial charge < -0.3 is 29.9 Å². The fourth-order valence-corrected chi connectivity index (χ4v) is 5.74. The number of likely N-dealkylation sites (tertiary alicyclic amines) is 1. The van der Waals surface area contributed by atoms with E-state index in [2.05, 4.69) is 32.2 Å². The maximum absolute atomic E-state index is 15.4. The number of aromatic nitrogens is 3. The summed E-state index contributed by atoms with van der Waals surface area (Å²) in [4.78, 5) is 28.8. The second-order valence-electron chi connectivity index (χ2n) is 11.5. The Hall–Kier alpha value is -5.00. The number of alkyl halides is 1. The number of methoxy groups -OCH3 is 1. The Labute approximate surface area is 260 Å². The van der Waals surface area contributed by atoms with Crippen molar-refractivity contribution in [1.29, 1.82) is 0 Å². The van der Waals surface area contributed by atoms with Crippen molar-refractivity contribution in [3.05, 3.63) is 73.5 Å². The zero-order valence-corrected chi connectivity index (χ0v) is 25.2. The van der Waals surface area contributed by atoms with E-state index in [-0.39, 0.29) is 24.2 Å². The average Bonchev–Trinajstić information content (AvgIpc) is 3.41. The number of nitrogens with one attached hydrogen (secondary N) is 2. The average molecular weight is 616 g/mol. The number of pyridine rings is 1. The zero-order chi connectivity index (χ0) is 31.6. The van der Waals surface area contributed by atoms with E-state index < -0.39 is 11.5 Å². The van der Waals surface area contributed by atoms with Crippen LogP contribution < -0.4 is 25.0 Å². The number of rotatable bonds is 9. The lowest BCUT2D eigenvalue weighted by molar-refractivity contribution is -0.126. The summed E-state index contributed by atoms with van der Waals surface area (Å²) < 4.78 is 41.3. The van der Waals surface area contributed by atoms with Crippen molar-refractivity contribution in [2.75, 3.05) is 48.8 Å². The Morgan fingerprint density at radius 2 is 1.87 bits per heavy atom. The van der Waals surface area contributed by atoms with Gasteiger partial charge in [0.15, 0.2) is 0 Å². The number of benzene rings is 2. The number of hydrogen-bond acceptors (Lipinski definition) is 9. The molecule has 4 heterocycles. The molecule has 2 saturated heterocycles. The van der Waals surface area contributed by atoms with Crippen molar-refractivity contribution in [2.24, 2.45) is 0 Å². The van der Waals surface area contributed by atoms with Gasteiger partial charge in [-0.2, -0.15) is 0 Å². The smallest absolute Gasteiger partial charge is 0.245 e. The topological polar surface area (TPSA) is 105 Å². The summed E-state index contributed by atoms with van der Waals surface area (Å²) in [5.41, 5.74) is 0.334. The molecule has 0 bridgehead atoms. The van der Waals surface area contributed by atoms with Gasteiger partial charge >= 0.3 is 0 Å². The molecule has 10 nitrogen and oxygen atoms in total. The van der Waals surface area contributed by atoms with Gasteiger partial charge in [0.05, 0.1) is 30.5 Å². The van der Waals surface area contributed by atoms with Crippen molar-refractivity contribution >= 4 is 39.8 Å². The molecule has 0 aliphatic carbocycles. The maximum Gasteiger partial charge on any atom is 0.245 e. The van der Waals surface area contributed by atoms with Gasteiger partial charge in [0.1, 0.15) is 46.7 Å². The standard InChI is InChI=1S/C33H35F2N7O3/c1-4-31(43)41-12-8-21(9-13-41)39-28-17-24-27(18-29(28)44-3)37-20-38-32(24)40-26-6-5-22(15-25(26)34)45-23-7-11-36-30(16-23)42-14-10-33(2,35)19-42/h4-7,11,15-18,20-21,39H,1,8-10,12-14,19H2,2-3H3,(H,37,38,40). The van der Waals surface area contributed by atoms with Gasteiger partial charge in [-0.05, 0) is 50.1 Å². The third-order valence-electron chi connectivity index (χ3n) is 8.19. The number of fused-ring (bicyclic) bond motifs is 1. The molecule has 2 aliphatic rings. The van der Waals surface area contributed by atoms with E-state index in [0.29, 0.717) is 65.8 Å². The fraction of sp³-hybridized carbons (Fsp3) is 0.333. The lowest BCUT2D eigenvalue weighted by Crippen LogP contribution is -2.41. The third-order valence-corrected chi connectivity index (χ3v) is 8.19. The van der Waals surface area contributed by atoms with E-state index in [1.807, 2.05) is 17.0 Å². The minimum atomic E-state index is -1.25. The second kappa shape index (κ2) is 12.5. The first kappa shape index (κ1) is 30.0. The molecule has 2 fully saturated rings. The molecule has 2 aromatic heterocycles. The van der Waals surface area contributed by atoms with Crippen LogP contribution in [0.1, 0.15) is 26.2 Å². The van der Waals surface area contributed by atoms with Crippen molar-refractivity contribution < 1.29 is 23.0 Å². The molecule has 45 heavy (non-hydrogen) atoms. The van der Waals surface area contributed by atoms with Crippen LogP contribution in [0.2, 0.25) is 0 Å². The first-order valence-corrected chi connectivity index (χ1v) is 14.9. The zero-order valence-electron chi connectivity index (χ0n) is 25.2. The van der Waals surface area contributed by atoms with Crippen LogP contribution in [0.5, 0.6) is 17.2 Å². The van der Waals surface area contributed by atoms with Crippen molar-refractivity contribution in [3.63, 3.8) is 0 Å². The molecule has 2 aromatic carbocycles. The number of halogens is 2. The van der Waals surface area contributed by atoms with Crippen LogP contribution >= 0.6 is 0 Å². The summed E-state index contributed by atoms with van der Waals surface area (Å²) in [5, 5.41) is 7.31. The Bertz CT molecular complexity index is 1730. The summed E-state index contributed by atoms with van der Waals surface area (Å²) in [7, 11) is 1.59.